The first kappa shape index (κ1) is 15.0. The second-order valence-electron chi connectivity index (χ2n) is 5.41. The Hall–Kier alpha value is -1.91. The SMILES string of the molecule is Cc1cccnc1C(=O)N1CCNCC1c1ccccc1Cl. The minimum atomic E-state index is -0.0728. The van der Waals surface area contributed by atoms with Gasteiger partial charge in [0.05, 0.1) is 6.04 Å². The summed E-state index contributed by atoms with van der Waals surface area (Å²) in [5, 5.41) is 4.03. The van der Waals surface area contributed by atoms with Crippen LogP contribution in [-0.4, -0.2) is 35.4 Å². The average Bonchev–Trinajstić information content (AvgIpc) is 2.55. The summed E-state index contributed by atoms with van der Waals surface area (Å²) in [6.07, 6.45) is 1.66. The molecule has 114 valence electrons. The van der Waals surface area contributed by atoms with E-state index in [0.717, 1.165) is 17.7 Å². The van der Waals surface area contributed by atoms with Gasteiger partial charge in [0.15, 0.2) is 0 Å². The van der Waals surface area contributed by atoms with E-state index in [0.29, 0.717) is 23.8 Å². The van der Waals surface area contributed by atoms with E-state index in [9.17, 15) is 4.79 Å². The Kier molecular flexibility index (Phi) is 4.41. The Morgan fingerprint density at radius 2 is 2.14 bits per heavy atom. The molecule has 5 heteroatoms. The summed E-state index contributed by atoms with van der Waals surface area (Å²) < 4.78 is 0. The van der Waals surface area contributed by atoms with Crippen LogP contribution in [-0.2, 0) is 0 Å². The maximum absolute atomic E-state index is 12.9. The van der Waals surface area contributed by atoms with Gasteiger partial charge < -0.3 is 10.2 Å². The molecule has 1 fully saturated rings. The van der Waals surface area contributed by atoms with Crippen LogP contribution in [0.3, 0.4) is 0 Å². The van der Waals surface area contributed by atoms with E-state index in [2.05, 4.69) is 10.3 Å². The van der Waals surface area contributed by atoms with E-state index in [1.807, 2.05) is 48.2 Å². The minimum absolute atomic E-state index is 0.0375. The molecule has 0 spiro atoms. The fraction of sp³-hybridized carbons (Fsp3) is 0.294. The van der Waals surface area contributed by atoms with E-state index in [4.69, 9.17) is 11.6 Å². The van der Waals surface area contributed by atoms with Gasteiger partial charge in [0.2, 0.25) is 0 Å². The van der Waals surface area contributed by atoms with Gasteiger partial charge in [-0.3, -0.25) is 9.78 Å². The first-order valence-electron chi connectivity index (χ1n) is 7.36. The first-order chi connectivity index (χ1) is 10.7. The van der Waals surface area contributed by atoms with Gasteiger partial charge in [-0.25, -0.2) is 0 Å². The molecule has 1 amide bonds. The molecule has 2 aromatic rings. The Labute approximate surface area is 135 Å². The van der Waals surface area contributed by atoms with Gasteiger partial charge in [-0.15, -0.1) is 0 Å². The van der Waals surface area contributed by atoms with E-state index in [1.54, 1.807) is 6.20 Å². The second-order valence-corrected chi connectivity index (χ2v) is 5.82. The molecule has 1 atom stereocenters. The summed E-state index contributed by atoms with van der Waals surface area (Å²) in [5.41, 5.74) is 2.38. The normalized spacial score (nSPS) is 18.3. The van der Waals surface area contributed by atoms with Crippen molar-refractivity contribution in [1.82, 2.24) is 15.2 Å². The van der Waals surface area contributed by atoms with Gasteiger partial charge in [-0.1, -0.05) is 35.9 Å². The van der Waals surface area contributed by atoms with Crippen molar-refractivity contribution in [3.63, 3.8) is 0 Å². The number of aryl methyl sites for hydroxylation is 1. The van der Waals surface area contributed by atoms with Crippen molar-refractivity contribution >= 4 is 17.5 Å². The third-order valence-electron chi connectivity index (χ3n) is 3.98. The van der Waals surface area contributed by atoms with E-state index >= 15 is 0 Å². The Balaban J connectivity index is 1.95. The zero-order chi connectivity index (χ0) is 15.5. The number of hydrogen-bond donors (Lipinski definition) is 1. The van der Waals surface area contributed by atoms with Gasteiger partial charge in [0.25, 0.3) is 5.91 Å². The number of rotatable bonds is 2. The minimum Gasteiger partial charge on any atom is -0.328 e. The monoisotopic (exact) mass is 315 g/mol. The number of benzene rings is 1. The topological polar surface area (TPSA) is 45.2 Å². The summed E-state index contributed by atoms with van der Waals surface area (Å²) in [4.78, 5) is 19.0. The zero-order valence-corrected chi connectivity index (χ0v) is 13.2. The quantitative estimate of drug-likeness (QED) is 0.927. The predicted octanol–water partition coefficient (Wildman–Crippen LogP) is 2.83. The van der Waals surface area contributed by atoms with Crippen molar-refractivity contribution in [2.45, 2.75) is 13.0 Å². The molecule has 1 aliphatic heterocycles. The van der Waals surface area contributed by atoms with Crippen LogP contribution in [0.25, 0.3) is 0 Å². The molecule has 22 heavy (non-hydrogen) atoms. The molecular weight excluding hydrogens is 298 g/mol. The highest BCUT2D eigenvalue weighted by molar-refractivity contribution is 6.31. The fourth-order valence-corrected chi connectivity index (χ4v) is 3.08. The lowest BCUT2D eigenvalue weighted by Crippen LogP contribution is -2.49. The average molecular weight is 316 g/mol. The number of pyridine rings is 1. The molecule has 0 saturated carbocycles. The molecule has 3 rings (SSSR count). The zero-order valence-electron chi connectivity index (χ0n) is 12.4. The van der Waals surface area contributed by atoms with Gasteiger partial charge in [-0.2, -0.15) is 0 Å². The summed E-state index contributed by atoms with van der Waals surface area (Å²) in [5.74, 6) is -0.0375. The lowest BCUT2D eigenvalue weighted by Gasteiger charge is -2.37. The highest BCUT2D eigenvalue weighted by Crippen LogP contribution is 2.29. The molecule has 4 nitrogen and oxygen atoms in total. The molecule has 0 radical (unpaired) electrons. The van der Waals surface area contributed by atoms with Gasteiger partial charge in [0.1, 0.15) is 5.69 Å². The van der Waals surface area contributed by atoms with Crippen molar-refractivity contribution in [3.8, 4) is 0 Å². The number of hydrogen-bond acceptors (Lipinski definition) is 3. The second kappa shape index (κ2) is 6.46. The van der Waals surface area contributed by atoms with Crippen LogP contribution >= 0.6 is 11.6 Å². The fourth-order valence-electron chi connectivity index (χ4n) is 2.82. The number of carbonyl (C=O) groups excluding carboxylic acids is 1. The molecule has 1 unspecified atom stereocenters. The van der Waals surface area contributed by atoms with Crippen LogP contribution < -0.4 is 5.32 Å². The van der Waals surface area contributed by atoms with E-state index < -0.39 is 0 Å². The number of halogens is 1. The Bertz CT molecular complexity index is 689. The van der Waals surface area contributed by atoms with Crippen LogP contribution in [0, 0.1) is 6.92 Å². The lowest BCUT2D eigenvalue weighted by atomic mass is 10.0. The Morgan fingerprint density at radius 3 is 2.91 bits per heavy atom. The number of nitrogens with zero attached hydrogens (tertiary/aromatic N) is 2. The van der Waals surface area contributed by atoms with Crippen molar-refractivity contribution in [2.24, 2.45) is 0 Å². The van der Waals surface area contributed by atoms with Crippen LogP contribution in [0.15, 0.2) is 42.6 Å². The van der Waals surface area contributed by atoms with Crippen LogP contribution in [0.1, 0.15) is 27.7 Å². The molecule has 2 heterocycles. The highest BCUT2D eigenvalue weighted by Gasteiger charge is 2.30. The number of piperazine rings is 1. The highest BCUT2D eigenvalue weighted by atomic mass is 35.5. The molecule has 1 aromatic heterocycles. The van der Waals surface area contributed by atoms with Crippen LogP contribution in [0.5, 0.6) is 0 Å². The summed E-state index contributed by atoms with van der Waals surface area (Å²) in [7, 11) is 0. The summed E-state index contributed by atoms with van der Waals surface area (Å²) in [6.45, 7) is 4.03. The predicted molar refractivity (Wildman–Crippen MR) is 87.1 cm³/mol. The third-order valence-corrected chi connectivity index (χ3v) is 4.32. The third kappa shape index (κ3) is 2.85. The van der Waals surface area contributed by atoms with Gasteiger partial charge >= 0.3 is 0 Å². The molecule has 1 aliphatic rings. The molecule has 1 N–H and O–H groups in total. The van der Waals surface area contributed by atoms with E-state index in [-0.39, 0.29) is 11.9 Å². The van der Waals surface area contributed by atoms with Crippen molar-refractivity contribution in [3.05, 3.63) is 64.4 Å². The summed E-state index contributed by atoms with van der Waals surface area (Å²) >= 11 is 6.32. The van der Waals surface area contributed by atoms with Crippen LogP contribution in [0.2, 0.25) is 5.02 Å². The summed E-state index contributed by atoms with van der Waals surface area (Å²) in [6, 6.07) is 11.4. The van der Waals surface area contributed by atoms with Crippen LogP contribution in [0.4, 0.5) is 0 Å². The number of carbonyl (C=O) groups is 1. The first-order valence-corrected chi connectivity index (χ1v) is 7.74. The van der Waals surface area contributed by atoms with Gasteiger partial charge in [-0.05, 0) is 30.2 Å². The molecule has 1 aromatic carbocycles. The van der Waals surface area contributed by atoms with Crippen molar-refractivity contribution in [1.29, 1.82) is 0 Å². The molecule has 0 aliphatic carbocycles. The number of amides is 1. The smallest absolute Gasteiger partial charge is 0.273 e. The maximum atomic E-state index is 12.9. The Morgan fingerprint density at radius 1 is 1.32 bits per heavy atom. The molecule has 0 bridgehead atoms. The van der Waals surface area contributed by atoms with Gasteiger partial charge in [0, 0.05) is 30.9 Å². The lowest BCUT2D eigenvalue weighted by molar-refractivity contribution is 0.0627. The standard InChI is InChI=1S/C17H18ClN3O/c1-12-5-4-8-20-16(12)17(22)21-10-9-19-11-15(21)13-6-2-3-7-14(13)18/h2-8,15,19H,9-11H2,1H3. The number of nitrogens with one attached hydrogen (secondary N) is 1. The van der Waals surface area contributed by atoms with Crippen molar-refractivity contribution in [2.75, 3.05) is 19.6 Å². The van der Waals surface area contributed by atoms with E-state index in [1.165, 1.54) is 0 Å². The number of aromatic nitrogens is 1. The van der Waals surface area contributed by atoms with Crippen molar-refractivity contribution < 1.29 is 4.79 Å². The maximum Gasteiger partial charge on any atom is 0.273 e. The molecule has 1 saturated heterocycles. The largest absolute Gasteiger partial charge is 0.328 e. The molecular formula is C17H18ClN3O.